The van der Waals surface area contributed by atoms with Crippen molar-refractivity contribution in [2.24, 2.45) is 0 Å². The molecule has 1 N–H and O–H groups in total. The molecule has 0 aromatic carbocycles. The van der Waals surface area contributed by atoms with Gasteiger partial charge >= 0.3 is 0 Å². The third-order valence-corrected chi connectivity index (χ3v) is 4.79. The molecular formula is C17H19N5O2. The Balaban J connectivity index is 1.62. The van der Waals surface area contributed by atoms with Crippen LogP contribution >= 0.6 is 0 Å². The van der Waals surface area contributed by atoms with Crippen molar-refractivity contribution >= 4 is 22.8 Å². The van der Waals surface area contributed by atoms with Gasteiger partial charge in [-0.25, -0.2) is 9.97 Å². The normalized spacial score (nSPS) is 21.5. The molecule has 7 nitrogen and oxygen atoms in total. The Kier molecular flexibility index (Phi) is 3.65. The van der Waals surface area contributed by atoms with Crippen LogP contribution in [0.25, 0.3) is 11.0 Å². The van der Waals surface area contributed by atoms with E-state index in [2.05, 4.69) is 20.2 Å². The van der Waals surface area contributed by atoms with Crippen LogP contribution in [-0.2, 0) is 4.79 Å². The quantitative estimate of drug-likeness (QED) is 0.810. The van der Waals surface area contributed by atoms with Crippen molar-refractivity contribution in [3.63, 3.8) is 0 Å². The number of fused-ring (bicyclic) bond motifs is 2. The largest absolute Gasteiger partial charge is 0.353 e. The van der Waals surface area contributed by atoms with Gasteiger partial charge in [-0.05, 0) is 25.1 Å². The van der Waals surface area contributed by atoms with Crippen molar-refractivity contribution in [1.29, 1.82) is 0 Å². The Hall–Kier alpha value is -2.54. The number of nitrogens with zero attached hydrogens (tertiary/aromatic N) is 4. The molecule has 1 atom stereocenters. The molecule has 0 spiro atoms. The maximum Gasteiger partial charge on any atom is 0.255 e. The van der Waals surface area contributed by atoms with E-state index in [0.29, 0.717) is 36.5 Å². The summed E-state index contributed by atoms with van der Waals surface area (Å²) < 4.78 is 0. The van der Waals surface area contributed by atoms with E-state index in [1.54, 1.807) is 11.1 Å². The number of amides is 2. The molecule has 2 aliphatic rings. The highest BCUT2D eigenvalue weighted by molar-refractivity contribution is 5.98. The van der Waals surface area contributed by atoms with Crippen molar-refractivity contribution in [2.75, 3.05) is 32.7 Å². The summed E-state index contributed by atoms with van der Waals surface area (Å²) in [6, 6.07) is 5.34. The lowest BCUT2D eigenvalue weighted by atomic mass is 10.1. The van der Waals surface area contributed by atoms with Crippen LogP contribution in [0.5, 0.6) is 0 Å². The number of carbonyl (C=O) groups excluding carboxylic acids is 2. The number of rotatable bonds is 1. The summed E-state index contributed by atoms with van der Waals surface area (Å²) in [5.41, 5.74) is 1.89. The monoisotopic (exact) mass is 325 g/mol. The molecule has 7 heteroatoms. The summed E-state index contributed by atoms with van der Waals surface area (Å²) in [7, 11) is 0. The van der Waals surface area contributed by atoms with E-state index in [9.17, 15) is 9.59 Å². The molecule has 0 saturated carbocycles. The second-order valence-corrected chi connectivity index (χ2v) is 6.27. The van der Waals surface area contributed by atoms with Crippen LogP contribution in [0.2, 0.25) is 0 Å². The molecule has 4 rings (SSSR count). The number of aromatic nitrogens is 2. The molecule has 0 unspecified atom stereocenters. The fourth-order valence-corrected chi connectivity index (χ4v) is 3.44. The molecule has 2 amide bonds. The van der Waals surface area contributed by atoms with E-state index < -0.39 is 0 Å². The van der Waals surface area contributed by atoms with Gasteiger partial charge in [0, 0.05) is 44.3 Å². The van der Waals surface area contributed by atoms with Crippen molar-refractivity contribution < 1.29 is 9.59 Å². The van der Waals surface area contributed by atoms with Crippen LogP contribution in [-0.4, -0.2) is 70.3 Å². The Labute approximate surface area is 139 Å². The van der Waals surface area contributed by atoms with Gasteiger partial charge in [0.25, 0.3) is 5.91 Å². The third kappa shape index (κ3) is 2.50. The zero-order valence-electron chi connectivity index (χ0n) is 13.5. The van der Waals surface area contributed by atoms with Gasteiger partial charge in [-0.2, -0.15) is 0 Å². The highest BCUT2D eigenvalue weighted by atomic mass is 16.2. The van der Waals surface area contributed by atoms with E-state index in [4.69, 9.17) is 0 Å². The van der Waals surface area contributed by atoms with E-state index in [1.165, 1.54) is 0 Å². The van der Waals surface area contributed by atoms with Crippen LogP contribution in [0.1, 0.15) is 16.1 Å². The lowest BCUT2D eigenvalue weighted by Gasteiger charge is -2.43. The molecule has 24 heavy (non-hydrogen) atoms. The minimum Gasteiger partial charge on any atom is -0.353 e. The molecule has 2 aromatic heterocycles. The van der Waals surface area contributed by atoms with Crippen LogP contribution in [0, 0.1) is 6.92 Å². The summed E-state index contributed by atoms with van der Waals surface area (Å²) in [6.45, 7) is 5.14. The van der Waals surface area contributed by atoms with Crippen LogP contribution in [0.4, 0.5) is 0 Å². The van der Waals surface area contributed by atoms with E-state index >= 15 is 0 Å². The number of pyridine rings is 2. The van der Waals surface area contributed by atoms with Gasteiger partial charge in [-0.15, -0.1) is 0 Å². The number of carbonyl (C=O) groups is 2. The Morgan fingerprint density at radius 2 is 2.21 bits per heavy atom. The maximum atomic E-state index is 13.0. The van der Waals surface area contributed by atoms with Gasteiger partial charge < -0.3 is 10.2 Å². The lowest BCUT2D eigenvalue weighted by Crippen LogP contribution is -2.64. The first kappa shape index (κ1) is 15.0. The standard InChI is InChI=1S/C17H19N5O2/c1-11-13(9-12-3-2-4-18-15(12)20-11)17(24)22-8-7-21-6-5-19-16(23)14(21)10-22/h2-4,9,14H,5-8,10H2,1H3,(H,19,23)/t14-/m0/s1. The van der Waals surface area contributed by atoms with E-state index in [-0.39, 0.29) is 17.9 Å². The van der Waals surface area contributed by atoms with Gasteiger partial charge in [0.1, 0.15) is 6.04 Å². The number of nitrogens with one attached hydrogen (secondary N) is 1. The van der Waals surface area contributed by atoms with Gasteiger partial charge in [0.15, 0.2) is 5.65 Å². The summed E-state index contributed by atoms with van der Waals surface area (Å²) in [4.78, 5) is 37.6. The molecule has 2 saturated heterocycles. The molecule has 0 bridgehead atoms. The Bertz CT molecular complexity index is 822. The van der Waals surface area contributed by atoms with Crippen LogP contribution in [0.15, 0.2) is 24.4 Å². The number of aryl methyl sites for hydroxylation is 1. The Morgan fingerprint density at radius 1 is 1.33 bits per heavy atom. The number of piperazine rings is 2. The minimum atomic E-state index is -0.244. The predicted octanol–water partition coefficient (Wildman–Crippen LogP) is 0.194. The second-order valence-electron chi connectivity index (χ2n) is 6.27. The summed E-state index contributed by atoms with van der Waals surface area (Å²) >= 11 is 0. The first-order valence-corrected chi connectivity index (χ1v) is 8.17. The van der Waals surface area contributed by atoms with Crippen LogP contribution < -0.4 is 5.32 Å². The minimum absolute atomic E-state index is 0.0105. The number of hydrogen-bond donors (Lipinski definition) is 1. The predicted molar refractivity (Wildman–Crippen MR) is 88.5 cm³/mol. The highest BCUT2D eigenvalue weighted by Crippen LogP contribution is 2.19. The number of hydrogen-bond acceptors (Lipinski definition) is 5. The lowest BCUT2D eigenvalue weighted by molar-refractivity contribution is -0.131. The van der Waals surface area contributed by atoms with Crippen molar-refractivity contribution in [2.45, 2.75) is 13.0 Å². The molecule has 4 heterocycles. The fourth-order valence-electron chi connectivity index (χ4n) is 3.44. The zero-order valence-corrected chi connectivity index (χ0v) is 13.5. The molecule has 2 aliphatic heterocycles. The first-order chi connectivity index (χ1) is 11.6. The highest BCUT2D eigenvalue weighted by Gasteiger charge is 2.36. The summed E-state index contributed by atoms with van der Waals surface area (Å²) in [5, 5.41) is 3.72. The average molecular weight is 325 g/mol. The molecule has 2 fully saturated rings. The molecule has 2 aromatic rings. The zero-order chi connectivity index (χ0) is 16.7. The molecule has 124 valence electrons. The van der Waals surface area contributed by atoms with Gasteiger partial charge in [0.05, 0.1) is 11.3 Å². The van der Waals surface area contributed by atoms with Crippen molar-refractivity contribution in [3.05, 3.63) is 35.7 Å². The molecular weight excluding hydrogens is 306 g/mol. The maximum absolute atomic E-state index is 13.0. The van der Waals surface area contributed by atoms with Crippen LogP contribution in [0.3, 0.4) is 0 Å². The summed E-state index contributed by atoms with van der Waals surface area (Å²) in [5.74, 6) is -0.0555. The SMILES string of the molecule is Cc1nc2ncccc2cc1C(=O)N1CCN2CCNC(=O)[C@@H]2C1. The summed E-state index contributed by atoms with van der Waals surface area (Å²) in [6.07, 6.45) is 1.69. The Morgan fingerprint density at radius 3 is 3.08 bits per heavy atom. The average Bonchev–Trinajstić information content (AvgIpc) is 2.60. The fraction of sp³-hybridized carbons (Fsp3) is 0.412. The topological polar surface area (TPSA) is 78.4 Å². The van der Waals surface area contributed by atoms with Crippen molar-refractivity contribution in [3.8, 4) is 0 Å². The molecule has 0 aliphatic carbocycles. The first-order valence-electron chi connectivity index (χ1n) is 8.17. The van der Waals surface area contributed by atoms with E-state index in [1.807, 2.05) is 25.1 Å². The third-order valence-electron chi connectivity index (χ3n) is 4.79. The van der Waals surface area contributed by atoms with Gasteiger partial charge in [-0.1, -0.05) is 0 Å². The van der Waals surface area contributed by atoms with E-state index in [0.717, 1.165) is 18.5 Å². The smallest absolute Gasteiger partial charge is 0.255 e. The van der Waals surface area contributed by atoms with Gasteiger partial charge in [0.2, 0.25) is 5.91 Å². The molecule has 0 radical (unpaired) electrons. The van der Waals surface area contributed by atoms with Gasteiger partial charge in [-0.3, -0.25) is 14.5 Å². The second kappa shape index (κ2) is 5.83. The van der Waals surface area contributed by atoms with Crippen molar-refractivity contribution in [1.82, 2.24) is 25.1 Å².